The van der Waals surface area contributed by atoms with Crippen LogP contribution >= 0.6 is 11.6 Å². The normalized spacial score (nSPS) is 12.7. The van der Waals surface area contributed by atoms with Gasteiger partial charge in [0.25, 0.3) is 0 Å². The fraction of sp³-hybridized carbons (Fsp3) is 0.167. The van der Waals surface area contributed by atoms with Gasteiger partial charge in [-0.2, -0.15) is 26.3 Å². The molecule has 0 fully saturated rings. The van der Waals surface area contributed by atoms with Crippen molar-refractivity contribution in [2.45, 2.75) is 12.4 Å². The van der Waals surface area contributed by atoms with E-state index in [-0.39, 0.29) is 16.3 Å². The van der Waals surface area contributed by atoms with Gasteiger partial charge in [0.1, 0.15) is 22.9 Å². The van der Waals surface area contributed by atoms with Gasteiger partial charge in [0.15, 0.2) is 5.82 Å². The molecule has 0 aliphatic carbocycles. The van der Waals surface area contributed by atoms with Gasteiger partial charge in [0.05, 0.1) is 12.7 Å². The maximum absolute atomic E-state index is 13.0. The van der Waals surface area contributed by atoms with E-state index in [1.165, 1.54) is 18.3 Å². The van der Waals surface area contributed by atoms with Gasteiger partial charge in [0, 0.05) is 23.5 Å². The van der Waals surface area contributed by atoms with E-state index in [9.17, 15) is 31.1 Å². The molecular weight excluding hydrogens is 468 g/mol. The molecule has 3 heterocycles. The molecule has 14 heteroatoms. The van der Waals surface area contributed by atoms with Crippen LogP contribution in [0.25, 0.3) is 23.2 Å². The number of hydrogen-bond donors (Lipinski definition) is 0. The Morgan fingerprint density at radius 3 is 2.19 bits per heavy atom. The van der Waals surface area contributed by atoms with E-state index in [2.05, 4.69) is 24.8 Å². The molecule has 3 aromatic rings. The molecule has 0 saturated heterocycles. The SMILES string of the molecule is COC(=O)/C(=C/n1cnc(-c2cc(C(F)(F)F)nc(C(F)(F)F)c2)n1)c1ccc(Cl)nc1. The van der Waals surface area contributed by atoms with Gasteiger partial charge < -0.3 is 4.74 Å². The first-order valence-electron chi connectivity index (χ1n) is 8.38. The van der Waals surface area contributed by atoms with E-state index in [4.69, 9.17) is 11.6 Å². The van der Waals surface area contributed by atoms with Gasteiger partial charge in [-0.05, 0) is 24.3 Å². The Hall–Kier alpha value is -3.48. The van der Waals surface area contributed by atoms with Crippen LogP contribution in [0.2, 0.25) is 5.15 Å². The summed E-state index contributed by atoms with van der Waals surface area (Å²) in [5.74, 6) is -1.27. The van der Waals surface area contributed by atoms with Gasteiger partial charge >= 0.3 is 18.3 Å². The fourth-order valence-electron chi connectivity index (χ4n) is 2.44. The van der Waals surface area contributed by atoms with Crippen molar-refractivity contribution in [2.24, 2.45) is 0 Å². The minimum Gasteiger partial charge on any atom is -0.465 e. The van der Waals surface area contributed by atoms with Crippen LogP contribution in [0.1, 0.15) is 17.0 Å². The van der Waals surface area contributed by atoms with E-state index in [0.29, 0.717) is 12.1 Å². The zero-order valence-corrected chi connectivity index (χ0v) is 16.5. The minimum atomic E-state index is -5.13. The Kier molecular flexibility index (Phi) is 6.21. The topological polar surface area (TPSA) is 82.8 Å². The number of aromatic nitrogens is 5. The Morgan fingerprint density at radius 2 is 1.69 bits per heavy atom. The second-order valence-electron chi connectivity index (χ2n) is 6.07. The molecule has 0 amide bonds. The summed E-state index contributed by atoms with van der Waals surface area (Å²) in [7, 11) is 1.11. The summed E-state index contributed by atoms with van der Waals surface area (Å²) in [6.45, 7) is 0. The van der Waals surface area contributed by atoms with Crippen molar-refractivity contribution in [1.29, 1.82) is 0 Å². The third-order valence-electron chi connectivity index (χ3n) is 3.88. The number of pyridine rings is 2. The van der Waals surface area contributed by atoms with Gasteiger partial charge in [-0.3, -0.25) is 0 Å². The van der Waals surface area contributed by atoms with Crippen LogP contribution in [0.5, 0.6) is 0 Å². The number of methoxy groups -OCH3 is 1. The number of ether oxygens (including phenoxy) is 1. The zero-order valence-electron chi connectivity index (χ0n) is 15.7. The van der Waals surface area contributed by atoms with Crippen molar-refractivity contribution >= 4 is 29.3 Å². The lowest BCUT2D eigenvalue weighted by molar-refractivity contribution is -0.150. The molecule has 0 atom stereocenters. The predicted octanol–water partition coefficient (Wildman–Crippen LogP) is 4.60. The summed E-state index contributed by atoms with van der Waals surface area (Å²) in [5.41, 5.74) is -3.89. The summed E-state index contributed by atoms with van der Waals surface area (Å²) in [5, 5.41) is 3.99. The number of alkyl halides is 6. The maximum Gasteiger partial charge on any atom is 0.433 e. The largest absolute Gasteiger partial charge is 0.465 e. The van der Waals surface area contributed by atoms with Crippen molar-refractivity contribution in [1.82, 2.24) is 24.7 Å². The van der Waals surface area contributed by atoms with E-state index in [0.717, 1.165) is 24.3 Å². The second kappa shape index (κ2) is 8.57. The minimum absolute atomic E-state index is 0.0743. The van der Waals surface area contributed by atoms with E-state index < -0.39 is 41.1 Å². The first-order valence-corrected chi connectivity index (χ1v) is 8.76. The first kappa shape index (κ1) is 23.2. The quantitative estimate of drug-likeness (QED) is 0.236. The van der Waals surface area contributed by atoms with Crippen LogP contribution < -0.4 is 0 Å². The summed E-state index contributed by atoms with van der Waals surface area (Å²) in [6, 6.07) is 3.63. The van der Waals surface area contributed by atoms with E-state index >= 15 is 0 Å². The summed E-state index contributed by atoms with van der Waals surface area (Å²) >= 11 is 5.71. The molecule has 0 aromatic carbocycles. The van der Waals surface area contributed by atoms with Crippen molar-refractivity contribution in [2.75, 3.05) is 7.11 Å². The third kappa shape index (κ3) is 5.22. The molecule has 0 aliphatic heterocycles. The lowest BCUT2D eigenvalue weighted by atomic mass is 10.1. The fourth-order valence-corrected chi connectivity index (χ4v) is 2.55. The first-order chi connectivity index (χ1) is 14.9. The van der Waals surface area contributed by atoms with E-state index in [1.54, 1.807) is 0 Å². The monoisotopic (exact) mass is 477 g/mol. The maximum atomic E-state index is 13.0. The number of esters is 1. The molecule has 0 spiro atoms. The average Bonchev–Trinajstić information content (AvgIpc) is 3.19. The molecule has 3 rings (SSSR count). The number of halogens is 7. The number of hydrogen-bond acceptors (Lipinski definition) is 6. The molecule has 32 heavy (non-hydrogen) atoms. The molecule has 0 bridgehead atoms. The lowest BCUT2D eigenvalue weighted by Gasteiger charge is -2.11. The Labute approximate surface area is 180 Å². The number of rotatable bonds is 4. The van der Waals surface area contributed by atoms with Crippen molar-refractivity contribution in [3.8, 4) is 11.4 Å². The molecule has 7 nitrogen and oxygen atoms in total. The molecule has 3 aromatic heterocycles. The molecule has 168 valence electrons. The Morgan fingerprint density at radius 1 is 1.06 bits per heavy atom. The van der Waals surface area contributed by atoms with Gasteiger partial charge in [0.2, 0.25) is 0 Å². The van der Waals surface area contributed by atoms with Crippen molar-refractivity contribution in [3.05, 3.63) is 58.9 Å². The Balaban J connectivity index is 2.07. The third-order valence-corrected chi connectivity index (χ3v) is 4.10. The van der Waals surface area contributed by atoms with Gasteiger partial charge in [-0.25, -0.2) is 24.4 Å². The molecule has 0 aliphatic rings. The van der Waals surface area contributed by atoms with Crippen LogP contribution in [0, 0.1) is 0 Å². The smallest absolute Gasteiger partial charge is 0.433 e. The number of carbonyl (C=O) groups is 1. The van der Waals surface area contributed by atoms with Crippen LogP contribution in [-0.4, -0.2) is 37.8 Å². The zero-order chi connectivity index (χ0) is 23.7. The summed E-state index contributed by atoms with van der Waals surface area (Å²) in [6.07, 6.45) is -6.89. The molecule has 0 N–H and O–H groups in total. The van der Waals surface area contributed by atoms with Gasteiger partial charge in [-0.1, -0.05) is 11.6 Å². The number of carbonyl (C=O) groups excluding carboxylic acids is 1. The predicted molar refractivity (Wildman–Crippen MR) is 98.7 cm³/mol. The molecule has 0 radical (unpaired) electrons. The van der Waals surface area contributed by atoms with Crippen LogP contribution in [0.4, 0.5) is 26.3 Å². The average molecular weight is 478 g/mol. The lowest BCUT2D eigenvalue weighted by Crippen LogP contribution is -2.15. The second-order valence-corrected chi connectivity index (χ2v) is 6.46. The molecular formula is C18H10ClF6N5O2. The summed E-state index contributed by atoms with van der Waals surface area (Å²) in [4.78, 5) is 22.3. The highest BCUT2D eigenvalue weighted by Gasteiger charge is 2.39. The molecule has 0 unspecified atom stereocenters. The highest BCUT2D eigenvalue weighted by Crippen LogP contribution is 2.35. The van der Waals surface area contributed by atoms with Crippen LogP contribution in [0.3, 0.4) is 0 Å². The van der Waals surface area contributed by atoms with Gasteiger partial charge in [-0.15, -0.1) is 5.10 Å². The van der Waals surface area contributed by atoms with Crippen molar-refractivity contribution in [3.63, 3.8) is 0 Å². The molecule has 0 saturated carbocycles. The van der Waals surface area contributed by atoms with E-state index in [1.807, 2.05) is 0 Å². The standard InChI is InChI=1S/C18H10ClF6N5O2/c1-32-16(31)11(9-2-3-14(19)26-6-9)7-30-8-27-15(29-30)10-4-12(17(20,21)22)28-13(5-10)18(23,24)25/h2-8H,1H3/b11-7+. The Bertz CT molecular complexity index is 1140. The summed E-state index contributed by atoms with van der Waals surface area (Å²) < 4.78 is 83.7. The van der Waals surface area contributed by atoms with Crippen molar-refractivity contribution < 1.29 is 35.9 Å². The highest BCUT2D eigenvalue weighted by molar-refractivity contribution is 6.29. The van der Waals surface area contributed by atoms with Crippen LogP contribution in [-0.2, 0) is 21.9 Å². The highest BCUT2D eigenvalue weighted by atomic mass is 35.5. The van der Waals surface area contributed by atoms with Crippen LogP contribution in [0.15, 0.2) is 36.8 Å². The number of nitrogens with zero attached hydrogens (tertiary/aromatic N) is 5.